The van der Waals surface area contributed by atoms with Gasteiger partial charge < -0.3 is 9.80 Å². The van der Waals surface area contributed by atoms with Crippen LogP contribution in [0.15, 0.2) is 97.1 Å². The number of nitrogens with zero attached hydrogens (tertiary/aromatic N) is 2. The van der Waals surface area contributed by atoms with Gasteiger partial charge >= 0.3 is 0 Å². The molecule has 7 aromatic rings. The lowest BCUT2D eigenvalue weighted by Crippen LogP contribution is -2.62. The van der Waals surface area contributed by atoms with Crippen LogP contribution in [0.3, 0.4) is 0 Å². The number of fused-ring (bicyclic) bond motifs is 10. The smallest absolute Gasteiger partial charge is 0.252 e. The highest BCUT2D eigenvalue weighted by Gasteiger charge is 2.49. The molecule has 3 heterocycles. The molecule has 0 saturated carbocycles. The van der Waals surface area contributed by atoms with Crippen molar-refractivity contribution in [1.82, 2.24) is 0 Å². The van der Waals surface area contributed by atoms with E-state index in [4.69, 9.17) is 0 Å². The molecule has 5 aliphatic rings. The van der Waals surface area contributed by atoms with Crippen molar-refractivity contribution in [3.8, 4) is 0 Å². The van der Waals surface area contributed by atoms with Crippen molar-refractivity contribution < 1.29 is 4.11 Å². The molecule has 4 heteroatoms. The third-order valence-corrected chi connectivity index (χ3v) is 18.9. The molecule has 0 saturated heterocycles. The molecule has 0 spiro atoms. The van der Waals surface area contributed by atoms with E-state index < -0.39 is 6.85 Å². The summed E-state index contributed by atoms with van der Waals surface area (Å²) < 4.78 is 30.1. The highest BCUT2D eigenvalue weighted by Crippen LogP contribution is 2.54. The van der Waals surface area contributed by atoms with Gasteiger partial charge in [-0.1, -0.05) is 126 Å². The minimum atomic E-state index is -2.35. The van der Waals surface area contributed by atoms with E-state index in [1.54, 1.807) is 0 Å². The molecular weight excluding hydrogens is 804 g/mol. The third-order valence-electron chi connectivity index (χ3n) is 17.7. The van der Waals surface area contributed by atoms with Crippen LogP contribution in [0.4, 0.5) is 34.1 Å². The fourth-order valence-corrected chi connectivity index (χ4v) is 14.4. The molecule has 65 heavy (non-hydrogen) atoms. The average molecular weight is 874 g/mol. The van der Waals surface area contributed by atoms with E-state index in [-0.39, 0.29) is 39.2 Å². The van der Waals surface area contributed by atoms with E-state index in [2.05, 4.69) is 184 Å². The van der Waals surface area contributed by atoms with Crippen LogP contribution in [-0.2, 0) is 32.5 Å². The number of aryl methyl sites for hydroxylation is 1. The zero-order valence-electron chi connectivity index (χ0n) is 43.9. The Morgan fingerprint density at radius 2 is 0.862 bits per heavy atom. The largest absolute Gasteiger partial charge is 0.311 e. The highest BCUT2D eigenvalue weighted by molar-refractivity contribution is 7.25. The van der Waals surface area contributed by atoms with Crippen LogP contribution < -0.4 is 26.2 Å². The number of anilines is 6. The molecule has 12 rings (SSSR count). The number of rotatable bonds is 2. The normalized spacial score (nSPS) is 21.8. The van der Waals surface area contributed by atoms with Crippen LogP contribution in [0.2, 0.25) is 0 Å². The van der Waals surface area contributed by atoms with E-state index >= 15 is 0 Å². The summed E-state index contributed by atoms with van der Waals surface area (Å²) in [5.41, 5.74) is 19.1. The summed E-state index contributed by atoms with van der Waals surface area (Å²) in [6.07, 6.45) is 6.73. The highest BCUT2D eigenvalue weighted by atomic mass is 32.1. The maximum Gasteiger partial charge on any atom is 0.252 e. The molecule has 0 fully saturated rings. The van der Waals surface area contributed by atoms with Crippen molar-refractivity contribution in [1.29, 1.82) is 0 Å². The van der Waals surface area contributed by atoms with Crippen molar-refractivity contribution in [3.63, 3.8) is 0 Å². The van der Waals surface area contributed by atoms with Crippen LogP contribution in [0.1, 0.15) is 165 Å². The van der Waals surface area contributed by atoms with Crippen molar-refractivity contribution in [2.24, 2.45) is 0 Å². The van der Waals surface area contributed by atoms with E-state index in [0.717, 1.165) is 67.0 Å². The fraction of sp³-hybridized carbons (Fsp3) is 0.410. The molecule has 0 atom stereocenters. The molecule has 330 valence electrons. The van der Waals surface area contributed by atoms with Crippen LogP contribution in [0.25, 0.3) is 20.2 Å². The van der Waals surface area contributed by atoms with Crippen LogP contribution >= 0.6 is 11.3 Å². The van der Waals surface area contributed by atoms with Gasteiger partial charge in [0.25, 0.3) is 6.71 Å². The van der Waals surface area contributed by atoms with Crippen LogP contribution in [-0.4, -0.2) is 6.71 Å². The van der Waals surface area contributed by atoms with Gasteiger partial charge in [-0.2, -0.15) is 0 Å². The Hall–Kier alpha value is -4.80. The Bertz CT molecular complexity index is 3330. The zero-order chi connectivity index (χ0) is 48.0. The van der Waals surface area contributed by atoms with Gasteiger partial charge in [0, 0.05) is 58.4 Å². The second-order valence-corrected chi connectivity index (χ2v) is 25.8. The first-order valence-corrected chi connectivity index (χ1v) is 25.3. The average Bonchev–Trinajstić information content (AvgIpc) is 3.65. The first-order valence-electron chi connectivity index (χ1n) is 26.0. The molecule has 0 amide bonds. The van der Waals surface area contributed by atoms with Crippen molar-refractivity contribution in [2.45, 2.75) is 161 Å². The Balaban J connectivity index is 1.23. The lowest BCUT2D eigenvalue weighted by Gasteiger charge is -2.49. The number of benzene rings is 6. The quantitative estimate of drug-likeness (QED) is 0.160. The van der Waals surface area contributed by atoms with Gasteiger partial charge in [0.2, 0.25) is 0 Å². The van der Waals surface area contributed by atoms with Crippen molar-refractivity contribution in [3.05, 3.63) is 136 Å². The minimum absolute atomic E-state index is 0.00851. The predicted octanol–water partition coefficient (Wildman–Crippen LogP) is 15.5. The summed E-state index contributed by atoms with van der Waals surface area (Å²) in [5.74, 6) is 0. The van der Waals surface area contributed by atoms with E-state index in [1.807, 2.05) is 17.4 Å². The number of hydrogen-bond acceptors (Lipinski definition) is 3. The van der Waals surface area contributed by atoms with E-state index in [0.29, 0.717) is 5.56 Å². The standard InChI is InChI=1S/C61H67BN2S/c1-36-28-51-55-52(29-36)64(38-18-20-40-39-16-14-15-17-53(39)65-54(40)31-38)50-35-46-44(59(8,9)25-27-61(46,12)13)33-48(50)62(55)47-32-43-45(60(10,11)26-24-58(43,6)7)34-49(47)63(51)37-19-21-41-42(30-37)57(4,5)23-22-56(41,2)3/h14-21,28-35H,22-27H2,1-13H3/i1D3. The molecule has 0 unspecified atom stereocenters. The summed E-state index contributed by atoms with van der Waals surface area (Å²) in [6, 6.07) is 37.3. The second-order valence-electron chi connectivity index (χ2n) is 24.8. The molecule has 0 bridgehead atoms. The first-order chi connectivity index (χ1) is 31.8. The van der Waals surface area contributed by atoms with Gasteiger partial charge in [-0.3, -0.25) is 0 Å². The molecule has 1 aromatic heterocycles. The fourth-order valence-electron chi connectivity index (χ4n) is 13.2. The second kappa shape index (κ2) is 13.2. The maximum atomic E-state index is 9.19. The van der Waals surface area contributed by atoms with Gasteiger partial charge in [0.1, 0.15) is 0 Å². The lowest BCUT2D eigenvalue weighted by atomic mass is 9.32. The zero-order valence-corrected chi connectivity index (χ0v) is 41.7. The van der Waals surface area contributed by atoms with Crippen LogP contribution in [0, 0.1) is 6.85 Å². The summed E-state index contributed by atoms with van der Waals surface area (Å²) in [6.45, 7) is 26.7. The van der Waals surface area contributed by atoms with Crippen LogP contribution in [0.5, 0.6) is 0 Å². The molecular formula is C61H67BN2S. The summed E-state index contributed by atoms with van der Waals surface area (Å²) in [4.78, 5) is 4.97. The monoisotopic (exact) mass is 874 g/mol. The SMILES string of the molecule is [2H]C([2H])([2H])c1cc2c3c(c1)N(c1ccc4c(c1)sc1ccccc14)c1cc4c(cc1B3c1cc3c(cc1N2c1ccc2c(c1)C(C)(C)CCC2(C)C)C(C)(C)CCC3(C)C)C(C)(C)CCC4(C)C. The maximum absolute atomic E-state index is 9.19. The molecule has 2 aliphatic heterocycles. The molecule has 3 aliphatic carbocycles. The molecule has 0 radical (unpaired) electrons. The Morgan fingerprint density at radius 1 is 0.431 bits per heavy atom. The number of hydrogen-bond donors (Lipinski definition) is 0. The van der Waals surface area contributed by atoms with E-state index in [9.17, 15) is 4.11 Å². The summed E-state index contributed by atoms with van der Waals surface area (Å²) in [7, 11) is 0. The Labute approximate surface area is 397 Å². The van der Waals surface area contributed by atoms with Gasteiger partial charge in [-0.25, -0.2) is 0 Å². The Morgan fingerprint density at radius 3 is 1.38 bits per heavy atom. The van der Waals surface area contributed by atoms with Gasteiger partial charge in [-0.05, 0) is 188 Å². The van der Waals surface area contributed by atoms with Crippen molar-refractivity contribution in [2.75, 3.05) is 9.80 Å². The lowest BCUT2D eigenvalue weighted by molar-refractivity contribution is 0.332. The van der Waals surface area contributed by atoms with Crippen molar-refractivity contribution >= 4 is 88.7 Å². The number of thiophene rings is 1. The van der Waals surface area contributed by atoms with Gasteiger partial charge in [-0.15, -0.1) is 11.3 Å². The minimum Gasteiger partial charge on any atom is -0.311 e. The molecule has 6 aromatic carbocycles. The van der Waals surface area contributed by atoms with Gasteiger partial charge in [0.05, 0.1) is 0 Å². The summed E-state index contributed by atoms with van der Waals surface area (Å²) >= 11 is 1.84. The molecule has 0 N–H and O–H groups in total. The predicted molar refractivity (Wildman–Crippen MR) is 284 cm³/mol. The van der Waals surface area contributed by atoms with E-state index in [1.165, 1.54) is 75.6 Å². The topological polar surface area (TPSA) is 6.48 Å². The summed E-state index contributed by atoms with van der Waals surface area (Å²) in [5, 5.41) is 2.53. The third kappa shape index (κ3) is 5.90. The van der Waals surface area contributed by atoms with Gasteiger partial charge in [0.15, 0.2) is 0 Å². The molecule has 2 nitrogen and oxygen atoms in total. The first kappa shape index (κ1) is 38.3. The Kier molecular flexibility index (Phi) is 7.79.